The van der Waals surface area contributed by atoms with Crippen LogP contribution in [0.4, 0.5) is 4.39 Å². The molecule has 0 aliphatic carbocycles. The van der Waals surface area contributed by atoms with Gasteiger partial charge in [-0.3, -0.25) is 0 Å². The number of ether oxygens (including phenoxy) is 1. The summed E-state index contributed by atoms with van der Waals surface area (Å²) >= 11 is 0. The van der Waals surface area contributed by atoms with Crippen LogP contribution in [0.2, 0.25) is 0 Å². The van der Waals surface area contributed by atoms with Crippen molar-refractivity contribution in [3.8, 4) is 5.75 Å². The van der Waals surface area contributed by atoms with E-state index in [0.29, 0.717) is 11.3 Å². The number of nitrogens with one attached hydrogen (secondary N) is 1. The van der Waals surface area contributed by atoms with E-state index in [1.807, 2.05) is 13.0 Å². The molecule has 0 bridgehead atoms. The summed E-state index contributed by atoms with van der Waals surface area (Å²) in [5.74, 6) is 0.413. The van der Waals surface area contributed by atoms with Crippen molar-refractivity contribution in [1.82, 2.24) is 5.32 Å². The number of hydrogen-bond acceptors (Lipinski definition) is 2. The first-order valence-electron chi connectivity index (χ1n) is 6.77. The third-order valence-corrected chi connectivity index (χ3v) is 2.87. The highest BCUT2D eigenvalue weighted by atomic mass is 19.1. The average Bonchev–Trinajstić information content (AvgIpc) is 2.34. The summed E-state index contributed by atoms with van der Waals surface area (Å²) in [5.41, 5.74) is 0.652. The van der Waals surface area contributed by atoms with Gasteiger partial charge in [-0.15, -0.1) is 0 Å². The molecule has 2 nitrogen and oxygen atoms in total. The quantitative estimate of drug-likeness (QED) is 0.714. The van der Waals surface area contributed by atoms with Gasteiger partial charge in [-0.1, -0.05) is 13.0 Å². The van der Waals surface area contributed by atoms with Gasteiger partial charge in [0.2, 0.25) is 0 Å². The molecule has 1 unspecified atom stereocenters. The van der Waals surface area contributed by atoms with Crippen LogP contribution in [0.15, 0.2) is 18.2 Å². The van der Waals surface area contributed by atoms with Crippen LogP contribution in [0.25, 0.3) is 0 Å². The van der Waals surface area contributed by atoms with Gasteiger partial charge in [-0.05, 0) is 57.8 Å². The number of rotatable bonds is 8. The molecule has 0 aliphatic rings. The molecule has 0 aromatic heterocycles. The van der Waals surface area contributed by atoms with Crippen molar-refractivity contribution in [1.29, 1.82) is 0 Å². The maximum absolute atomic E-state index is 13.3. The van der Waals surface area contributed by atoms with E-state index in [2.05, 4.69) is 12.2 Å². The lowest BCUT2D eigenvalue weighted by molar-refractivity contribution is 0.206. The number of benzene rings is 1. The van der Waals surface area contributed by atoms with Crippen molar-refractivity contribution in [3.63, 3.8) is 0 Å². The molecule has 1 N–H and O–H groups in total. The van der Waals surface area contributed by atoms with Gasteiger partial charge in [0.1, 0.15) is 11.6 Å². The molecule has 102 valence electrons. The maximum atomic E-state index is 13.3. The fourth-order valence-corrected chi connectivity index (χ4v) is 1.75. The molecular weight excluding hydrogens is 229 g/mol. The Kier molecular flexibility index (Phi) is 6.73. The van der Waals surface area contributed by atoms with Gasteiger partial charge >= 0.3 is 0 Å². The lowest BCUT2D eigenvalue weighted by Crippen LogP contribution is -2.19. The Bertz CT molecular complexity index is 354. The van der Waals surface area contributed by atoms with Gasteiger partial charge in [0.15, 0.2) is 0 Å². The summed E-state index contributed by atoms with van der Waals surface area (Å²) in [6, 6.07) is 5.03. The second-order valence-electron chi connectivity index (χ2n) is 4.73. The van der Waals surface area contributed by atoms with Crippen molar-refractivity contribution in [2.45, 2.75) is 46.1 Å². The van der Waals surface area contributed by atoms with Gasteiger partial charge in [0.25, 0.3) is 0 Å². The highest BCUT2D eigenvalue weighted by molar-refractivity contribution is 5.28. The second-order valence-corrected chi connectivity index (χ2v) is 4.73. The van der Waals surface area contributed by atoms with Gasteiger partial charge in [-0.25, -0.2) is 4.39 Å². The lowest BCUT2D eigenvalue weighted by Gasteiger charge is -2.15. The van der Waals surface area contributed by atoms with E-state index in [1.165, 1.54) is 6.07 Å². The second kappa shape index (κ2) is 8.09. The van der Waals surface area contributed by atoms with Crippen LogP contribution in [0, 0.1) is 12.7 Å². The third-order valence-electron chi connectivity index (χ3n) is 2.87. The zero-order chi connectivity index (χ0) is 13.4. The first-order chi connectivity index (χ1) is 8.63. The van der Waals surface area contributed by atoms with E-state index in [1.54, 1.807) is 13.0 Å². The molecule has 3 heteroatoms. The minimum atomic E-state index is -0.204. The van der Waals surface area contributed by atoms with E-state index in [4.69, 9.17) is 4.74 Å². The van der Waals surface area contributed by atoms with Crippen LogP contribution >= 0.6 is 0 Å². The topological polar surface area (TPSA) is 21.3 Å². The van der Waals surface area contributed by atoms with Crippen LogP contribution < -0.4 is 10.1 Å². The van der Waals surface area contributed by atoms with Gasteiger partial charge in [-0.2, -0.15) is 0 Å². The van der Waals surface area contributed by atoms with Crippen molar-refractivity contribution in [2.75, 3.05) is 13.1 Å². The van der Waals surface area contributed by atoms with E-state index in [0.717, 1.165) is 32.4 Å². The molecule has 0 fully saturated rings. The number of hydrogen-bond donors (Lipinski definition) is 1. The van der Waals surface area contributed by atoms with Crippen molar-refractivity contribution in [3.05, 3.63) is 29.6 Å². The Balaban J connectivity index is 2.26. The lowest BCUT2D eigenvalue weighted by atomic mass is 10.2. The molecule has 0 heterocycles. The third kappa shape index (κ3) is 5.50. The fraction of sp³-hybridized carbons (Fsp3) is 0.600. The molecule has 1 atom stereocenters. The van der Waals surface area contributed by atoms with Gasteiger partial charge in [0.05, 0.1) is 6.10 Å². The van der Waals surface area contributed by atoms with Crippen LogP contribution in [0.3, 0.4) is 0 Å². The Morgan fingerprint density at radius 1 is 1.33 bits per heavy atom. The summed E-state index contributed by atoms with van der Waals surface area (Å²) in [7, 11) is 0. The molecule has 0 radical (unpaired) electrons. The molecule has 0 amide bonds. The minimum Gasteiger partial charge on any atom is -0.491 e. The monoisotopic (exact) mass is 253 g/mol. The smallest absolute Gasteiger partial charge is 0.129 e. The Labute approximate surface area is 110 Å². The van der Waals surface area contributed by atoms with Gasteiger partial charge in [0, 0.05) is 6.07 Å². The summed E-state index contributed by atoms with van der Waals surface area (Å²) in [5, 5.41) is 3.36. The summed E-state index contributed by atoms with van der Waals surface area (Å²) in [6.45, 7) is 8.02. The van der Waals surface area contributed by atoms with Crippen LogP contribution in [-0.2, 0) is 0 Å². The highest BCUT2D eigenvalue weighted by Gasteiger charge is 2.05. The van der Waals surface area contributed by atoms with E-state index < -0.39 is 0 Å². The number of halogens is 1. The maximum Gasteiger partial charge on any atom is 0.129 e. The first kappa shape index (κ1) is 15.0. The molecule has 0 aliphatic heterocycles. The predicted molar refractivity (Wildman–Crippen MR) is 73.6 cm³/mol. The summed E-state index contributed by atoms with van der Waals surface area (Å²) < 4.78 is 19.0. The molecule has 1 aromatic rings. The predicted octanol–water partition coefficient (Wildman–Crippen LogP) is 3.68. The van der Waals surface area contributed by atoms with Crippen molar-refractivity contribution in [2.24, 2.45) is 0 Å². The first-order valence-corrected chi connectivity index (χ1v) is 6.77. The molecule has 1 aromatic carbocycles. The SMILES string of the molecule is CCCNCCCC(C)Oc1ccc(C)c(F)c1. The molecular formula is C15H24FNO. The molecule has 1 rings (SSSR count). The Morgan fingerprint density at radius 2 is 2.11 bits per heavy atom. The average molecular weight is 253 g/mol. The number of aryl methyl sites for hydroxylation is 1. The normalized spacial score (nSPS) is 12.4. The van der Waals surface area contributed by atoms with E-state index in [-0.39, 0.29) is 11.9 Å². The fourth-order valence-electron chi connectivity index (χ4n) is 1.75. The van der Waals surface area contributed by atoms with Crippen LogP contribution in [-0.4, -0.2) is 19.2 Å². The van der Waals surface area contributed by atoms with E-state index in [9.17, 15) is 4.39 Å². The highest BCUT2D eigenvalue weighted by Crippen LogP contribution is 2.18. The zero-order valence-corrected chi connectivity index (χ0v) is 11.6. The van der Waals surface area contributed by atoms with Crippen molar-refractivity contribution >= 4 is 0 Å². The standard InChI is InChI=1S/C15H24FNO/c1-4-9-17-10-5-6-13(3)18-14-8-7-12(2)15(16)11-14/h7-8,11,13,17H,4-6,9-10H2,1-3H3. The van der Waals surface area contributed by atoms with Crippen molar-refractivity contribution < 1.29 is 9.13 Å². The van der Waals surface area contributed by atoms with Crippen LogP contribution in [0.1, 0.15) is 38.7 Å². The molecule has 0 saturated carbocycles. The Morgan fingerprint density at radius 3 is 2.78 bits per heavy atom. The summed E-state index contributed by atoms with van der Waals surface area (Å²) in [4.78, 5) is 0. The molecule has 0 saturated heterocycles. The Hall–Kier alpha value is -1.09. The van der Waals surface area contributed by atoms with Crippen LogP contribution in [0.5, 0.6) is 5.75 Å². The van der Waals surface area contributed by atoms with E-state index >= 15 is 0 Å². The zero-order valence-electron chi connectivity index (χ0n) is 11.6. The largest absolute Gasteiger partial charge is 0.491 e. The molecule has 0 spiro atoms. The summed E-state index contributed by atoms with van der Waals surface area (Å²) in [6.07, 6.45) is 3.34. The minimum absolute atomic E-state index is 0.121. The molecule has 18 heavy (non-hydrogen) atoms. The van der Waals surface area contributed by atoms with Gasteiger partial charge < -0.3 is 10.1 Å².